The first-order valence-corrected chi connectivity index (χ1v) is 29.3. The minimum absolute atomic E-state index is 0.00886. The number of imide groups is 1. The number of carbonyl (C=O) groups excluding carboxylic acids is 8. The first-order valence-electron chi connectivity index (χ1n) is 29.3. The fraction of sp³-hybridized carbons (Fsp3) is 0.846. The van der Waals surface area contributed by atoms with Gasteiger partial charge in [-0.2, -0.15) is 0 Å². The van der Waals surface area contributed by atoms with Crippen LogP contribution in [0.15, 0.2) is 0 Å². The van der Waals surface area contributed by atoms with E-state index in [0.29, 0.717) is 24.3 Å². The molecule has 0 radical (unpaired) electrons. The summed E-state index contributed by atoms with van der Waals surface area (Å²) in [5.74, 6) is -4.70. The lowest BCUT2D eigenvalue weighted by atomic mass is 9.96. The van der Waals surface area contributed by atoms with E-state index in [0.717, 1.165) is 0 Å². The molecule has 5 aliphatic heterocycles. The predicted octanol–water partition coefficient (Wildman–Crippen LogP) is -11.1. The molecule has 37 heteroatoms. The van der Waals surface area contributed by atoms with Gasteiger partial charge in [-0.05, 0) is 32.6 Å². The summed E-state index contributed by atoms with van der Waals surface area (Å²) in [7, 11) is 0. The number of rotatable bonds is 36. The fourth-order valence-electron chi connectivity index (χ4n) is 9.63. The van der Waals surface area contributed by atoms with Gasteiger partial charge in [0.1, 0.15) is 91.6 Å². The third-order valence-electron chi connectivity index (χ3n) is 14.8. The molecule has 5 saturated heterocycles. The normalized spacial score (nSPS) is 33.2. The van der Waals surface area contributed by atoms with Crippen molar-refractivity contribution in [1.29, 1.82) is 0 Å². The SMILES string of the molecule is C[C@@H]1O[C@@H](OCCNC(=O)CCCNC(=O)CN(CC(=O)NCCCCCC(=O)ON2C(=O)CCC2=O)CC(=O)NCCCC(=O)NCCO[C@H]2O[C@H](CO[C@H]3O[C@H](CO)[C@@H](O)[C@H](O)[C@@H]3O)[C@@H](O)[C@H](O[C@H]3O[C@H](CO)[C@@H](O)[C@H](O)[C@@H]3O)[C@@H]2O)[C@@H](O)[C@H](O)[C@@H]1O. The maximum absolute atomic E-state index is 13.1. The number of hydrogen-bond donors (Lipinski definition) is 18. The second-order valence-electron chi connectivity index (χ2n) is 21.7. The Balaban J connectivity index is 1.05. The molecule has 37 nitrogen and oxygen atoms in total. The van der Waals surface area contributed by atoms with Crippen LogP contribution in [0.25, 0.3) is 0 Å². The number of nitrogens with one attached hydrogen (secondary N) is 5. The van der Waals surface area contributed by atoms with Crippen LogP contribution in [0.1, 0.15) is 71.1 Å². The van der Waals surface area contributed by atoms with Gasteiger partial charge < -0.3 is 136 Å². The zero-order chi connectivity index (χ0) is 65.5. The van der Waals surface area contributed by atoms with Crippen LogP contribution in [0, 0.1) is 0 Å². The summed E-state index contributed by atoms with van der Waals surface area (Å²) in [6.45, 7) is -2.72. The first kappa shape index (κ1) is 74.8. The lowest BCUT2D eigenvalue weighted by Crippen LogP contribution is -2.65. The Kier molecular flexibility index (Phi) is 31.6. The molecular weight excluding hydrogens is 1200 g/mol. The van der Waals surface area contributed by atoms with E-state index >= 15 is 0 Å². The number of ether oxygens (including phenoxy) is 8. The Morgan fingerprint density at radius 3 is 1.39 bits per heavy atom. The molecule has 0 spiro atoms. The summed E-state index contributed by atoms with van der Waals surface area (Å²) in [6.07, 6.45) is -31.6. The molecule has 510 valence electrons. The Morgan fingerprint density at radius 1 is 0.461 bits per heavy atom. The van der Waals surface area contributed by atoms with Crippen LogP contribution in [0.4, 0.5) is 0 Å². The van der Waals surface area contributed by atoms with Crippen molar-refractivity contribution in [3.05, 3.63) is 0 Å². The van der Waals surface area contributed by atoms with E-state index in [2.05, 4.69) is 26.6 Å². The van der Waals surface area contributed by atoms with Crippen LogP contribution in [0.2, 0.25) is 0 Å². The number of hydrogen-bond acceptors (Lipinski definition) is 31. The Bertz CT molecular complexity index is 2250. The maximum Gasteiger partial charge on any atom is 0.333 e. The van der Waals surface area contributed by atoms with E-state index in [-0.39, 0.29) is 90.9 Å². The van der Waals surface area contributed by atoms with Crippen molar-refractivity contribution in [2.45, 2.75) is 194 Å². The highest BCUT2D eigenvalue weighted by Gasteiger charge is 2.52. The lowest BCUT2D eigenvalue weighted by Gasteiger charge is -2.46. The zero-order valence-electron chi connectivity index (χ0n) is 49.0. The molecule has 5 fully saturated rings. The van der Waals surface area contributed by atoms with Crippen molar-refractivity contribution in [3.63, 3.8) is 0 Å². The smallest absolute Gasteiger partial charge is 0.333 e. The molecule has 5 heterocycles. The maximum atomic E-state index is 13.1. The Labute approximate surface area is 509 Å². The number of nitrogens with zero attached hydrogens (tertiary/aromatic N) is 2. The average molecular weight is 1290 g/mol. The largest absolute Gasteiger partial charge is 0.394 e. The van der Waals surface area contributed by atoms with Crippen molar-refractivity contribution < 1.29 is 147 Å². The molecule has 5 aliphatic rings. The Hall–Kier alpha value is -4.92. The van der Waals surface area contributed by atoms with E-state index < -0.39 is 210 Å². The highest BCUT2D eigenvalue weighted by atomic mass is 16.8. The minimum Gasteiger partial charge on any atom is -0.394 e. The first-order chi connectivity index (χ1) is 42.3. The van der Waals surface area contributed by atoms with Crippen molar-refractivity contribution in [3.8, 4) is 0 Å². The van der Waals surface area contributed by atoms with E-state index in [1.54, 1.807) is 0 Å². The quantitative estimate of drug-likeness (QED) is 0.0205. The Morgan fingerprint density at radius 2 is 0.888 bits per heavy atom. The molecule has 18 N–H and O–H groups in total. The molecule has 0 aromatic carbocycles. The highest BCUT2D eigenvalue weighted by molar-refractivity contribution is 6.01. The van der Waals surface area contributed by atoms with E-state index in [9.17, 15) is 105 Å². The predicted molar refractivity (Wildman–Crippen MR) is 289 cm³/mol. The van der Waals surface area contributed by atoms with Gasteiger partial charge in [0.2, 0.25) is 29.5 Å². The average Bonchev–Trinajstić information content (AvgIpc) is 3.62. The molecule has 89 heavy (non-hydrogen) atoms. The molecule has 0 bridgehead atoms. The van der Waals surface area contributed by atoms with E-state index in [4.69, 9.17) is 42.7 Å². The van der Waals surface area contributed by atoms with Gasteiger partial charge in [-0.25, -0.2) is 4.79 Å². The van der Waals surface area contributed by atoms with Gasteiger partial charge in [-0.3, -0.25) is 38.5 Å². The summed E-state index contributed by atoms with van der Waals surface area (Å²) in [4.78, 5) is 106. The number of unbranched alkanes of at least 4 members (excludes halogenated alkanes) is 2. The molecular formula is C52H87N7O30. The molecule has 0 aromatic rings. The summed E-state index contributed by atoms with van der Waals surface area (Å²) in [5.41, 5.74) is 0. The third kappa shape index (κ3) is 23.0. The van der Waals surface area contributed by atoms with Gasteiger partial charge in [0.05, 0.1) is 58.8 Å². The molecule has 7 amide bonds. The summed E-state index contributed by atoms with van der Waals surface area (Å²) < 4.78 is 44.1. The molecule has 0 unspecified atom stereocenters. The van der Waals surface area contributed by atoms with Gasteiger partial charge >= 0.3 is 5.97 Å². The van der Waals surface area contributed by atoms with E-state index in [1.807, 2.05) is 0 Å². The number of amides is 7. The second kappa shape index (κ2) is 37.6. The second-order valence-corrected chi connectivity index (χ2v) is 21.7. The molecule has 5 rings (SSSR count). The topological polar surface area (TPSA) is 549 Å². The molecule has 0 aliphatic carbocycles. The fourth-order valence-corrected chi connectivity index (χ4v) is 9.63. The van der Waals surface area contributed by atoms with Gasteiger partial charge in [-0.15, -0.1) is 5.06 Å². The minimum atomic E-state index is -1.97. The highest BCUT2D eigenvalue weighted by Crippen LogP contribution is 2.31. The van der Waals surface area contributed by atoms with Crippen LogP contribution in [0.3, 0.4) is 0 Å². The number of aliphatic hydroxyl groups is 13. The van der Waals surface area contributed by atoms with Crippen molar-refractivity contribution in [2.75, 3.05) is 85.4 Å². The number of hydroxylamine groups is 2. The number of carbonyl (C=O) groups is 8. The van der Waals surface area contributed by atoms with Crippen molar-refractivity contribution in [1.82, 2.24) is 36.5 Å². The van der Waals surface area contributed by atoms with Crippen LogP contribution in [-0.4, -0.2) is 332 Å². The van der Waals surface area contributed by atoms with Gasteiger partial charge in [-0.1, -0.05) is 6.42 Å². The molecule has 0 aromatic heterocycles. The molecule has 0 saturated carbocycles. The van der Waals surface area contributed by atoms with Gasteiger partial charge in [0, 0.05) is 64.8 Å². The summed E-state index contributed by atoms with van der Waals surface area (Å²) in [5, 5.41) is 147. The summed E-state index contributed by atoms with van der Waals surface area (Å²) in [6, 6.07) is 0. The van der Waals surface area contributed by atoms with Crippen molar-refractivity contribution >= 4 is 47.3 Å². The lowest BCUT2D eigenvalue weighted by molar-refractivity contribution is -0.366. The summed E-state index contributed by atoms with van der Waals surface area (Å²) >= 11 is 0. The van der Waals surface area contributed by atoms with Crippen LogP contribution in [-0.2, 0) is 81.1 Å². The zero-order valence-corrected chi connectivity index (χ0v) is 49.0. The van der Waals surface area contributed by atoms with Crippen LogP contribution >= 0.6 is 0 Å². The third-order valence-corrected chi connectivity index (χ3v) is 14.8. The van der Waals surface area contributed by atoms with E-state index in [1.165, 1.54) is 11.8 Å². The van der Waals surface area contributed by atoms with Crippen molar-refractivity contribution in [2.24, 2.45) is 0 Å². The number of aliphatic hydroxyl groups excluding tert-OH is 13. The van der Waals surface area contributed by atoms with Crippen LogP contribution in [0.5, 0.6) is 0 Å². The van der Waals surface area contributed by atoms with Crippen LogP contribution < -0.4 is 26.6 Å². The van der Waals surface area contributed by atoms with Gasteiger partial charge in [0.15, 0.2) is 25.2 Å². The standard InChI is InChI=1S/C52H87N7O30/c1-25-37(70)41(74)44(77)49(84-25)81-17-15-56-29(62)7-5-13-54-32(65)20-58(19-31(64)53-12-4-2-3-9-36(69)89-59-34(67)10-11-35(59)68)21-33(66)55-14-6-8-30(63)57-16-18-82-51-47(80)48(88-52-46(79)43(76)39(72)27(23-61)86-52)40(73)28(87-51)24-83-50-45(78)42(75)38(71)26(22-60)85-50/h25-28,37-52,60-61,70-80H,2-24H2,1H3,(H,53,64)(H,54,65)(H,55,66)(H,56,62)(H,57,63)/t25-,26+,27+,28+,37+,38+,39+,40+,41+,42-,43-,44-,45-,46-,47-,48-,49+,50-,51-,52+/m0/s1. The van der Waals surface area contributed by atoms with Gasteiger partial charge in [0.25, 0.3) is 11.8 Å². The molecule has 20 atom stereocenters. The monoisotopic (exact) mass is 1290 g/mol.